The standard InChI is InChI=1S/C31H30N4O7S/c1-19-6-10-23(11-7-19)43(37,38)42-30(31(36)33-27-18-35(3)34-20(27)2)25-13-9-22(17-29(25)40-5)41-28-14-15-32-26-16-21(39-4)8-12-24(26)28/h6-18,30H,1-5H3,(H,33,36). The molecule has 0 saturated carbocycles. The number of carbonyl (C=O) groups is 1. The molecule has 5 aromatic rings. The first-order valence-electron chi connectivity index (χ1n) is 13.2. The molecule has 0 saturated heterocycles. The van der Waals surface area contributed by atoms with Gasteiger partial charge in [-0.15, -0.1) is 0 Å². The van der Waals surface area contributed by atoms with Crippen LogP contribution in [0.25, 0.3) is 10.9 Å². The summed E-state index contributed by atoms with van der Waals surface area (Å²) < 4.78 is 50.9. The first-order valence-corrected chi connectivity index (χ1v) is 14.6. The Morgan fingerprint density at radius 1 is 0.907 bits per heavy atom. The van der Waals surface area contributed by atoms with Crippen LogP contribution in [0, 0.1) is 13.8 Å². The van der Waals surface area contributed by atoms with E-state index < -0.39 is 22.1 Å². The molecular weight excluding hydrogens is 572 g/mol. The molecule has 1 atom stereocenters. The number of nitrogens with zero attached hydrogens (tertiary/aromatic N) is 3. The Morgan fingerprint density at radius 2 is 1.65 bits per heavy atom. The van der Waals surface area contributed by atoms with Gasteiger partial charge in [-0.05, 0) is 56.3 Å². The summed E-state index contributed by atoms with van der Waals surface area (Å²) in [4.78, 5) is 17.9. The number of hydrogen-bond acceptors (Lipinski definition) is 9. The van der Waals surface area contributed by atoms with Gasteiger partial charge in [0.1, 0.15) is 23.0 Å². The van der Waals surface area contributed by atoms with E-state index in [0.717, 1.165) is 10.9 Å². The Kier molecular flexibility index (Phi) is 8.33. The minimum Gasteiger partial charge on any atom is -0.497 e. The Morgan fingerprint density at radius 3 is 2.33 bits per heavy atom. The summed E-state index contributed by atoms with van der Waals surface area (Å²) in [6.07, 6.45) is 1.62. The molecule has 0 aliphatic rings. The van der Waals surface area contributed by atoms with Gasteiger partial charge in [0.15, 0.2) is 6.10 Å². The predicted octanol–water partition coefficient (Wildman–Crippen LogP) is 5.48. The summed E-state index contributed by atoms with van der Waals surface area (Å²) in [6.45, 7) is 3.56. The van der Waals surface area contributed by atoms with Crippen LogP contribution in [0.15, 0.2) is 84.0 Å². The van der Waals surface area contributed by atoms with Crippen molar-refractivity contribution in [3.8, 4) is 23.0 Å². The lowest BCUT2D eigenvalue weighted by atomic mass is 10.1. The summed E-state index contributed by atoms with van der Waals surface area (Å²) >= 11 is 0. The van der Waals surface area contributed by atoms with E-state index in [9.17, 15) is 13.2 Å². The third-order valence-corrected chi connectivity index (χ3v) is 7.96. The fourth-order valence-electron chi connectivity index (χ4n) is 4.46. The van der Waals surface area contributed by atoms with Gasteiger partial charge in [0.25, 0.3) is 16.0 Å². The van der Waals surface area contributed by atoms with E-state index >= 15 is 0 Å². The maximum Gasteiger partial charge on any atom is 0.298 e. The molecule has 5 rings (SSSR count). The lowest BCUT2D eigenvalue weighted by Gasteiger charge is -2.20. The number of pyridine rings is 1. The fraction of sp³-hybridized carbons (Fsp3) is 0.194. The summed E-state index contributed by atoms with van der Waals surface area (Å²) in [7, 11) is 0.333. The van der Waals surface area contributed by atoms with Crippen LogP contribution in [0.3, 0.4) is 0 Å². The number of rotatable bonds is 10. The van der Waals surface area contributed by atoms with Gasteiger partial charge in [0.05, 0.1) is 36.0 Å². The second-order valence-corrected chi connectivity index (χ2v) is 11.3. The number of hydrogen-bond donors (Lipinski definition) is 1. The number of aromatic nitrogens is 3. The minimum atomic E-state index is -4.37. The summed E-state index contributed by atoms with van der Waals surface area (Å²) in [5, 5.41) is 7.72. The topological polar surface area (TPSA) is 131 Å². The molecule has 0 radical (unpaired) electrons. The number of aryl methyl sites for hydroxylation is 3. The lowest BCUT2D eigenvalue weighted by Crippen LogP contribution is -2.26. The molecule has 0 aliphatic heterocycles. The summed E-state index contributed by atoms with van der Waals surface area (Å²) in [6, 6.07) is 18.0. The van der Waals surface area contributed by atoms with Crippen molar-refractivity contribution in [2.45, 2.75) is 24.8 Å². The molecule has 2 aromatic heterocycles. The average molecular weight is 603 g/mol. The third kappa shape index (κ3) is 6.45. The molecule has 43 heavy (non-hydrogen) atoms. The molecule has 1 N–H and O–H groups in total. The van der Waals surface area contributed by atoms with Crippen molar-refractivity contribution < 1.29 is 31.6 Å². The monoisotopic (exact) mass is 602 g/mol. The van der Waals surface area contributed by atoms with E-state index in [1.54, 1.807) is 75.9 Å². The molecule has 11 nitrogen and oxygen atoms in total. The number of methoxy groups -OCH3 is 2. The normalized spacial score (nSPS) is 12.1. The molecule has 2 heterocycles. The largest absolute Gasteiger partial charge is 0.497 e. The van der Waals surface area contributed by atoms with Crippen LogP contribution in [-0.4, -0.2) is 43.3 Å². The molecular formula is C31H30N4O7S. The highest BCUT2D eigenvalue weighted by atomic mass is 32.2. The second kappa shape index (κ2) is 12.1. The number of anilines is 1. The van der Waals surface area contributed by atoms with Crippen LogP contribution < -0.4 is 19.5 Å². The smallest absolute Gasteiger partial charge is 0.298 e. The second-order valence-electron chi connectivity index (χ2n) is 9.73. The predicted molar refractivity (Wildman–Crippen MR) is 160 cm³/mol. The third-order valence-electron chi connectivity index (χ3n) is 6.67. The Labute approximate surface area is 249 Å². The highest BCUT2D eigenvalue weighted by Gasteiger charge is 2.32. The number of benzene rings is 3. The minimum absolute atomic E-state index is 0.0893. The van der Waals surface area contributed by atoms with Gasteiger partial charge < -0.3 is 19.5 Å². The molecule has 12 heteroatoms. The van der Waals surface area contributed by atoms with Gasteiger partial charge in [-0.3, -0.25) is 14.5 Å². The van der Waals surface area contributed by atoms with Gasteiger partial charge in [0.2, 0.25) is 0 Å². The molecule has 0 aliphatic carbocycles. The zero-order valence-electron chi connectivity index (χ0n) is 24.2. The zero-order chi connectivity index (χ0) is 30.7. The van der Waals surface area contributed by atoms with Crippen molar-refractivity contribution in [2.75, 3.05) is 19.5 Å². The average Bonchev–Trinajstić information content (AvgIpc) is 3.31. The van der Waals surface area contributed by atoms with Crippen molar-refractivity contribution in [3.05, 3.63) is 95.9 Å². The molecule has 0 spiro atoms. The van der Waals surface area contributed by atoms with Crippen molar-refractivity contribution >= 4 is 32.6 Å². The van der Waals surface area contributed by atoms with E-state index in [2.05, 4.69) is 15.4 Å². The van der Waals surface area contributed by atoms with Crippen molar-refractivity contribution in [3.63, 3.8) is 0 Å². The van der Waals surface area contributed by atoms with Crippen molar-refractivity contribution in [1.82, 2.24) is 14.8 Å². The molecule has 0 fully saturated rings. The van der Waals surface area contributed by atoms with Crippen LogP contribution in [-0.2, 0) is 26.1 Å². The SMILES string of the molecule is COc1ccc2c(Oc3ccc(C(OS(=O)(=O)c4ccc(C)cc4)C(=O)Nc4cn(C)nc4C)c(OC)c3)ccnc2c1. The van der Waals surface area contributed by atoms with Crippen LogP contribution >= 0.6 is 0 Å². The Balaban J connectivity index is 1.51. The van der Waals surface area contributed by atoms with E-state index in [1.165, 1.54) is 30.0 Å². The first-order chi connectivity index (χ1) is 20.6. The number of amides is 1. The Bertz CT molecular complexity index is 1900. The molecule has 222 valence electrons. The maximum atomic E-state index is 13.6. The number of fused-ring (bicyclic) bond motifs is 1. The van der Waals surface area contributed by atoms with Crippen LogP contribution in [0.5, 0.6) is 23.0 Å². The number of carbonyl (C=O) groups excluding carboxylic acids is 1. The molecule has 0 bridgehead atoms. The van der Waals surface area contributed by atoms with Crippen molar-refractivity contribution in [1.29, 1.82) is 0 Å². The lowest BCUT2D eigenvalue weighted by molar-refractivity contribution is -0.122. The van der Waals surface area contributed by atoms with E-state index in [0.29, 0.717) is 34.1 Å². The van der Waals surface area contributed by atoms with Gasteiger partial charge in [0, 0.05) is 42.5 Å². The summed E-state index contributed by atoms with van der Waals surface area (Å²) in [5.41, 5.74) is 2.69. The zero-order valence-corrected chi connectivity index (χ0v) is 25.0. The number of nitrogens with one attached hydrogen (secondary N) is 1. The molecule has 1 amide bonds. The van der Waals surface area contributed by atoms with Crippen molar-refractivity contribution in [2.24, 2.45) is 7.05 Å². The first kappa shape index (κ1) is 29.5. The molecule has 1 unspecified atom stereocenters. The highest BCUT2D eigenvalue weighted by Crippen LogP contribution is 2.37. The van der Waals surface area contributed by atoms with Gasteiger partial charge >= 0.3 is 0 Å². The maximum absolute atomic E-state index is 13.6. The van der Waals surface area contributed by atoms with Crippen LogP contribution in [0.1, 0.15) is 22.9 Å². The van der Waals surface area contributed by atoms with Crippen LogP contribution in [0.2, 0.25) is 0 Å². The van der Waals surface area contributed by atoms with Gasteiger partial charge in [-0.2, -0.15) is 13.5 Å². The van der Waals surface area contributed by atoms with E-state index in [4.69, 9.17) is 18.4 Å². The van der Waals surface area contributed by atoms with E-state index in [-0.39, 0.29) is 16.2 Å². The quantitative estimate of drug-likeness (QED) is 0.207. The van der Waals surface area contributed by atoms with Crippen LogP contribution in [0.4, 0.5) is 5.69 Å². The fourth-order valence-corrected chi connectivity index (χ4v) is 5.49. The van der Waals surface area contributed by atoms with E-state index in [1.807, 2.05) is 13.0 Å². The van der Waals surface area contributed by atoms with Gasteiger partial charge in [-0.25, -0.2) is 4.18 Å². The van der Waals surface area contributed by atoms with Gasteiger partial charge in [-0.1, -0.05) is 17.7 Å². The highest BCUT2D eigenvalue weighted by molar-refractivity contribution is 7.86. The Hall–Kier alpha value is -4.94. The number of ether oxygens (including phenoxy) is 3. The molecule has 3 aromatic carbocycles. The summed E-state index contributed by atoms with van der Waals surface area (Å²) in [5.74, 6) is 1.02.